The summed E-state index contributed by atoms with van der Waals surface area (Å²) >= 11 is 1.31. The Morgan fingerprint density at radius 3 is 1.49 bits per heavy atom. The summed E-state index contributed by atoms with van der Waals surface area (Å²) in [6, 6.07) is 39.3. The predicted octanol–water partition coefficient (Wildman–Crippen LogP) is 4.60. The van der Waals surface area contributed by atoms with Crippen LogP contribution in [0.1, 0.15) is 16.7 Å². The van der Waals surface area contributed by atoms with Gasteiger partial charge in [0.15, 0.2) is 0 Å². The Morgan fingerprint density at radius 1 is 0.595 bits per heavy atom. The van der Waals surface area contributed by atoms with E-state index in [0.717, 1.165) is 21.6 Å². The third kappa shape index (κ3) is 5.36. The van der Waals surface area contributed by atoms with Crippen LogP contribution in [0.3, 0.4) is 0 Å². The first-order valence-corrected chi connectivity index (χ1v) is 13.2. The van der Waals surface area contributed by atoms with Crippen molar-refractivity contribution in [2.45, 2.75) is 40.3 Å². The molecule has 37 heavy (non-hydrogen) atoms. The second-order valence-electron chi connectivity index (χ2n) is 9.04. The van der Waals surface area contributed by atoms with Crippen LogP contribution in [0, 0.1) is 0 Å². The van der Waals surface area contributed by atoms with Gasteiger partial charge >= 0.3 is 0 Å². The predicted molar refractivity (Wildman–Crippen MR) is 144 cm³/mol. The van der Waals surface area contributed by atoms with E-state index >= 15 is 0 Å². The van der Waals surface area contributed by atoms with Crippen molar-refractivity contribution < 1.29 is 24.8 Å². The molecule has 0 radical (unpaired) electrons. The van der Waals surface area contributed by atoms with Crippen LogP contribution in [-0.2, 0) is 15.1 Å². The van der Waals surface area contributed by atoms with E-state index in [1.54, 1.807) is 0 Å². The maximum atomic E-state index is 10.9. The standard InChI is InChI=1S/C31H30O5S/c32-27-26(36-30(29(34)28(27)33)37-25-19-11-4-12-20-25)21-35-31(22-13-5-1-6-14-22,23-15-7-2-8-16-23)24-17-9-3-10-18-24/h1-20,26-30,32-34H,21H2/t26-,27-,28+,29+,30-/m0/s1. The van der Waals surface area contributed by atoms with Gasteiger partial charge in [-0.15, -0.1) is 0 Å². The van der Waals surface area contributed by atoms with Gasteiger partial charge in [-0.05, 0) is 28.8 Å². The molecule has 0 spiro atoms. The van der Waals surface area contributed by atoms with Crippen LogP contribution in [-0.4, -0.2) is 51.8 Å². The number of ether oxygens (including phenoxy) is 2. The number of hydrogen-bond acceptors (Lipinski definition) is 6. The van der Waals surface area contributed by atoms with Crippen molar-refractivity contribution in [3.8, 4) is 0 Å². The fraction of sp³-hybridized carbons (Fsp3) is 0.226. The van der Waals surface area contributed by atoms with Crippen molar-refractivity contribution in [2.24, 2.45) is 0 Å². The van der Waals surface area contributed by atoms with Gasteiger partial charge in [-0.3, -0.25) is 0 Å². The normalized spacial score (nSPS) is 24.0. The lowest BCUT2D eigenvalue weighted by molar-refractivity contribution is -0.216. The summed E-state index contributed by atoms with van der Waals surface area (Å²) in [5.74, 6) is 0. The molecule has 5 nitrogen and oxygen atoms in total. The Kier molecular flexibility index (Phi) is 8.05. The molecule has 1 aliphatic rings. The van der Waals surface area contributed by atoms with E-state index in [1.807, 2.05) is 121 Å². The summed E-state index contributed by atoms with van der Waals surface area (Å²) in [5, 5.41) is 32.2. The summed E-state index contributed by atoms with van der Waals surface area (Å²) in [4.78, 5) is 0.891. The van der Waals surface area contributed by atoms with E-state index < -0.39 is 35.5 Å². The highest BCUT2D eigenvalue weighted by Crippen LogP contribution is 2.41. The number of rotatable bonds is 8. The van der Waals surface area contributed by atoms with Crippen molar-refractivity contribution >= 4 is 11.8 Å². The first-order valence-electron chi connectivity index (χ1n) is 12.3. The molecule has 0 bridgehead atoms. The van der Waals surface area contributed by atoms with Crippen LogP contribution in [0.5, 0.6) is 0 Å². The zero-order valence-electron chi connectivity index (χ0n) is 20.2. The molecule has 4 aromatic carbocycles. The van der Waals surface area contributed by atoms with Crippen molar-refractivity contribution in [3.63, 3.8) is 0 Å². The molecule has 1 heterocycles. The molecular formula is C31H30O5S. The van der Waals surface area contributed by atoms with Crippen molar-refractivity contribution in [3.05, 3.63) is 138 Å². The van der Waals surface area contributed by atoms with E-state index in [-0.39, 0.29) is 6.61 Å². The number of thioether (sulfide) groups is 1. The minimum absolute atomic E-state index is 0.0184. The Hall–Kier alpha value is -2.97. The average Bonchev–Trinajstić information content (AvgIpc) is 2.96. The van der Waals surface area contributed by atoms with E-state index in [9.17, 15) is 15.3 Å². The van der Waals surface area contributed by atoms with Gasteiger partial charge in [-0.2, -0.15) is 0 Å². The van der Waals surface area contributed by atoms with Gasteiger partial charge in [-0.25, -0.2) is 0 Å². The smallest absolute Gasteiger partial charge is 0.143 e. The highest BCUT2D eigenvalue weighted by molar-refractivity contribution is 7.99. The number of aliphatic hydroxyl groups is 3. The van der Waals surface area contributed by atoms with Gasteiger partial charge in [0.2, 0.25) is 0 Å². The summed E-state index contributed by atoms with van der Waals surface area (Å²) in [6.07, 6.45) is -4.81. The zero-order valence-corrected chi connectivity index (χ0v) is 21.0. The molecule has 190 valence electrons. The van der Waals surface area contributed by atoms with E-state index in [1.165, 1.54) is 11.8 Å². The molecule has 6 heteroatoms. The maximum Gasteiger partial charge on any atom is 0.143 e. The molecule has 1 saturated heterocycles. The van der Waals surface area contributed by atoms with Crippen LogP contribution in [0.2, 0.25) is 0 Å². The molecule has 0 amide bonds. The third-order valence-corrected chi connectivity index (χ3v) is 7.84. The molecule has 5 rings (SSSR count). The van der Waals surface area contributed by atoms with Gasteiger partial charge in [-0.1, -0.05) is 121 Å². The SMILES string of the molecule is O[C@@H]1[C@@H](O)[C@H](COC(c2ccccc2)(c2ccccc2)c2ccccc2)O[C@@H](Sc2ccccc2)[C@@H]1O. The molecule has 0 saturated carbocycles. The van der Waals surface area contributed by atoms with Crippen molar-refractivity contribution in [2.75, 3.05) is 6.61 Å². The summed E-state index contributed by atoms with van der Waals surface area (Å²) in [5.41, 5.74) is 1.01. The van der Waals surface area contributed by atoms with Crippen LogP contribution in [0.15, 0.2) is 126 Å². The average molecular weight is 515 g/mol. The van der Waals surface area contributed by atoms with Gasteiger partial charge in [0.25, 0.3) is 0 Å². The van der Waals surface area contributed by atoms with E-state index in [0.29, 0.717) is 0 Å². The van der Waals surface area contributed by atoms with Crippen LogP contribution in [0.4, 0.5) is 0 Å². The number of aliphatic hydroxyl groups excluding tert-OH is 3. The molecule has 1 fully saturated rings. The summed E-state index contributed by atoms with van der Waals surface area (Å²) in [7, 11) is 0. The summed E-state index contributed by atoms with van der Waals surface area (Å²) < 4.78 is 13.0. The van der Waals surface area contributed by atoms with Gasteiger partial charge < -0.3 is 24.8 Å². The maximum absolute atomic E-state index is 10.9. The Morgan fingerprint density at radius 2 is 1.03 bits per heavy atom. The minimum atomic E-state index is -1.37. The highest BCUT2D eigenvalue weighted by atomic mass is 32.2. The summed E-state index contributed by atoms with van der Waals surface area (Å²) in [6.45, 7) is -0.0184. The Balaban J connectivity index is 1.49. The van der Waals surface area contributed by atoms with E-state index in [2.05, 4.69) is 0 Å². The molecule has 0 aliphatic carbocycles. The quantitative estimate of drug-likeness (QED) is 0.299. The minimum Gasteiger partial charge on any atom is -0.387 e. The highest BCUT2D eigenvalue weighted by Gasteiger charge is 2.46. The van der Waals surface area contributed by atoms with Crippen LogP contribution >= 0.6 is 11.8 Å². The fourth-order valence-corrected chi connectivity index (χ4v) is 5.84. The molecule has 4 aromatic rings. The van der Waals surface area contributed by atoms with Crippen LogP contribution in [0.25, 0.3) is 0 Å². The Labute approximate surface area is 221 Å². The molecule has 3 N–H and O–H groups in total. The second kappa shape index (κ2) is 11.6. The molecule has 0 unspecified atom stereocenters. The Bertz CT molecular complexity index is 1140. The first kappa shape index (κ1) is 25.7. The lowest BCUT2D eigenvalue weighted by Crippen LogP contribution is -2.58. The molecule has 1 aliphatic heterocycles. The molecule has 0 aromatic heterocycles. The van der Waals surface area contributed by atoms with Crippen molar-refractivity contribution in [1.82, 2.24) is 0 Å². The zero-order chi connectivity index (χ0) is 25.7. The topological polar surface area (TPSA) is 79.2 Å². The van der Waals surface area contributed by atoms with Gasteiger partial charge in [0.05, 0.1) is 6.61 Å². The van der Waals surface area contributed by atoms with Gasteiger partial charge in [0, 0.05) is 4.90 Å². The number of hydrogen-bond donors (Lipinski definition) is 3. The lowest BCUT2D eigenvalue weighted by Gasteiger charge is -2.42. The van der Waals surface area contributed by atoms with Gasteiger partial charge in [0.1, 0.15) is 35.5 Å². The monoisotopic (exact) mass is 514 g/mol. The first-order chi connectivity index (χ1) is 18.1. The largest absolute Gasteiger partial charge is 0.387 e. The third-order valence-electron chi connectivity index (χ3n) is 6.67. The van der Waals surface area contributed by atoms with E-state index in [4.69, 9.17) is 9.47 Å². The molecule has 5 atom stereocenters. The fourth-order valence-electron chi connectivity index (χ4n) is 4.76. The second-order valence-corrected chi connectivity index (χ2v) is 10.2. The lowest BCUT2D eigenvalue weighted by atomic mass is 9.80. The van der Waals surface area contributed by atoms with Crippen molar-refractivity contribution in [1.29, 1.82) is 0 Å². The molecular weight excluding hydrogens is 484 g/mol. The number of benzene rings is 4. The van der Waals surface area contributed by atoms with Crippen LogP contribution < -0.4 is 0 Å².